The molecule has 0 amide bonds. The molecular weight excluding hydrogens is 174 g/mol. The first kappa shape index (κ1) is 9.22. The monoisotopic (exact) mass is 185 g/mol. The topological polar surface area (TPSA) is 49.3 Å². The van der Waals surface area contributed by atoms with Crippen molar-refractivity contribution in [1.29, 1.82) is 0 Å². The minimum atomic E-state index is -0.800. The van der Waals surface area contributed by atoms with E-state index in [1.807, 2.05) is 17.5 Å². The molecule has 0 aliphatic heterocycles. The molecule has 2 N–H and O–H groups in total. The molecule has 4 heteroatoms. The molecular formula is C8H11NO2S. The van der Waals surface area contributed by atoms with Gasteiger partial charge < -0.3 is 10.4 Å². The smallest absolute Gasteiger partial charge is 0.321 e. The second-order valence-electron chi connectivity index (χ2n) is 2.46. The maximum absolute atomic E-state index is 10.6. The molecule has 66 valence electrons. The zero-order valence-corrected chi connectivity index (χ0v) is 7.60. The summed E-state index contributed by atoms with van der Waals surface area (Å²) < 4.78 is 0. The van der Waals surface area contributed by atoms with Gasteiger partial charge in [0.2, 0.25) is 0 Å². The van der Waals surface area contributed by atoms with Crippen LogP contribution in [0.15, 0.2) is 17.5 Å². The maximum Gasteiger partial charge on any atom is 0.321 e. The van der Waals surface area contributed by atoms with Crippen molar-refractivity contribution < 1.29 is 9.90 Å². The van der Waals surface area contributed by atoms with E-state index in [9.17, 15) is 4.79 Å². The molecule has 0 bridgehead atoms. The van der Waals surface area contributed by atoms with Crippen molar-refractivity contribution >= 4 is 17.3 Å². The van der Waals surface area contributed by atoms with Crippen LogP contribution < -0.4 is 5.32 Å². The van der Waals surface area contributed by atoms with E-state index in [-0.39, 0.29) is 0 Å². The number of hydrogen-bond acceptors (Lipinski definition) is 3. The normalized spacial score (nSPS) is 12.8. The molecule has 3 nitrogen and oxygen atoms in total. The van der Waals surface area contributed by atoms with Gasteiger partial charge in [0.1, 0.15) is 6.04 Å². The highest BCUT2D eigenvalue weighted by Crippen LogP contribution is 2.10. The van der Waals surface area contributed by atoms with Gasteiger partial charge in [-0.25, -0.2) is 0 Å². The Bertz CT molecular complexity index is 246. The first-order chi connectivity index (χ1) is 5.74. The number of carboxylic acids is 1. The summed E-state index contributed by atoms with van der Waals surface area (Å²) in [6, 6.07) is 3.40. The van der Waals surface area contributed by atoms with E-state index in [1.54, 1.807) is 18.4 Å². The molecule has 0 aliphatic carbocycles. The minimum Gasteiger partial charge on any atom is -0.480 e. The number of hydrogen-bond donors (Lipinski definition) is 2. The van der Waals surface area contributed by atoms with Gasteiger partial charge in [-0.1, -0.05) is 6.07 Å². The Hall–Kier alpha value is -0.870. The summed E-state index contributed by atoms with van der Waals surface area (Å²) in [7, 11) is 1.66. The lowest BCUT2D eigenvalue weighted by Gasteiger charge is -2.08. The molecule has 1 rings (SSSR count). The van der Waals surface area contributed by atoms with Crippen molar-refractivity contribution in [3.05, 3.63) is 22.4 Å². The number of aliphatic carboxylic acids is 1. The molecule has 0 saturated heterocycles. The van der Waals surface area contributed by atoms with Gasteiger partial charge in [-0.3, -0.25) is 4.79 Å². The van der Waals surface area contributed by atoms with Gasteiger partial charge in [-0.2, -0.15) is 0 Å². The summed E-state index contributed by atoms with van der Waals surface area (Å²) in [5, 5.41) is 13.4. The van der Waals surface area contributed by atoms with E-state index in [4.69, 9.17) is 5.11 Å². The van der Waals surface area contributed by atoms with Crippen LogP contribution in [-0.4, -0.2) is 24.2 Å². The first-order valence-electron chi connectivity index (χ1n) is 3.66. The van der Waals surface area contributed by atoms with E-state index in [0.29, 0.717) is 6.42 Å². The Labute approximate surface area is 75.0 Å². The zero-order chi connectivity index (χ0) is 8.97. The molecule has 1 aromatic heterocycles. The fourth-order valence-corrected chi connectivity index (χ4v) is 1.69. The van der Waals surface area contributed by atoms with Gasteiger partial charge in [-0.05, 0) is 18.5 Å². The molecule has 0 fully saturated rings. The van der Waals surface area contributed by atoms with Crippen molar-refractivity contribution in [2.75, 3.05) is 7.05 Å². The van der Waals surface area contributed by atoms with Crippen LogP contribution >= 0.6 is 11.3 Å². The number of carbonyl (C=O) groups is 1. The lowest BCUT2D eigenvalue weighted by atomic mass is 10.2. The van der Waals surface area contributed by atoms with Crippen molar-refractivity contribution in [3.8, 4) is 0 Å². The molecule has 0 spiro atoms. The lowest BCUT2D eigenvalue weighted by Crippen LogP contribution is -2.35. The highest BCUT2D eigenvalue weighted by molar-refractivity contribution is 7.09. The average Bonchev–Trinajstić information content (AvgIpc) is 2.51. The molecule has 1 heterocycles. The zero-order valence-electron chi connectivity index (χ0n) is 6.78. The Balaban J connectivity index is 2.54. The first-order valence-corrected chi connectivity index (χ1v) is 4.54. The molecule has 0 saturated carbocycles. The Morgan fingerprint density at radius 3 is 3.00 bits per heavy atom. The van der Waals surface area contributed by atoms with Crippen molar-refractivity contribution in [2.45, 2.75) is 12.5 Å². The minimum absolute atomic E-state index is 0.469. The quantitative estimate of drug-likeness (QED) is 0.734. The van der Waals surface area contributed by atoms with Crippen molar-refractivity contribution in [3.63, 3.8) is 0 Å². The summed E-state index contributed by atoms with van der Waals surface area (Å²) in [5.74, 6) is -0.800. The summed E-state index contributed by atoms with van der Waals surface area (Å²) in [6.07, 6.45) is 0.559. The molecule has 0 radical (unpaired) electrons. The third-order valence-corrected chi connectivity index (χ3v) is 2.53. The highest BCUT2D eigenvalue weighted by atomic mass is 32.1. The summed E-state index contributed by atoms with van der Waals surface area (Å²) in [5.41, 5.74) is 0. The molecule has 1 atom stereocenters. The molecule has 0 unspecified atom stereocenters. The van der Waals surface area contributed by atoms with Crippen LogP contribution in [0.2, 0.25) is 0 Å². The Morgan fingerprint density at radius 1 is 1.83 bits per heavy atom. The van der Waals surface area contributed by atoms with Crippen LogP contribution in [0.5, 0.6) is 0 Å². The van der Waals surface area contributed by atoms with Crippen LogP contribution in [0, 0.1) is 0 Å². The third-order valence-electron chi connectivity index (χ3n) is 1.63. The molecule has 0 aliphatic rings. The molecule has 1 aromatic rings. The standard InChI is InChI=1S/C8H11NO2S/c1-9-7(8(10)11)5-6-3-2-4-12-6/h2-4,7,9H,5H2,1H3,(H,10,11)/t7-/m1/s1. The van der Waals surface area contributed by atoms with Crippen LogP contribution in [-0.2, 0) is 11.2 Å². The van der Waals surface area contributed by atoms with Gasteiger partial charge in [0.15, 0.2) is 0 Å². The Kier molecular flexibility index (Phi) is 3.25. The largest absolute Gasteiger partial charge is 0.480 e. The van der Waals surface area contributed by atoms with Gasteiger partial charge >= 0.3 is 5.97 Å². The number of rotatable bonds is 4. The van der Waals surface area contributed by atoms with E-state index >= 15 is 0 Å². The lowest BCUT2D eigenvalue weighted by molar-refractivity contribution is -0.139. The van der Waals surface area contributed by atoms with Crippen LogP contribution in [0.3, 0.4) is 0 Å². The number of thiophene rings is 1. The highest BCUT2D eigenvalue weighted by Gasteiger charge is 2.15. The van der Waals surface area contributed by atoms with Gasteiger partial charge in [0.05, 0.1) is 0 Å². The van der Waals surface area contributed by atoms with Crippen LogP contribution in [0.4, 0.5) is 0 Å². The van der Waals surface area contributed by atoms with Gasteiger partial charge in [0.25, 0.3) is 0 Å². The fourth-order valence-electron chi connectivity index (χ4n) is 0.943. The third kappa shape index (κ3) is 2.32. The predicted molar refractivity (Wildman–Crippen MR) is 48.5 cm³/mol. The van der Waals surface area contributed by atoms with E-state index in [1.165, 1.54) is 0 Å². The molecule has 12 heavy (non-hydrogen) atoms. The maximum atomic E-state index is 10.6. The van der Waals surface area contributed by atoms with E-state index in [2.05, 4.69) is 5.32 Å². The van der Waals surface area contributed by atoms with Gasteiger partial charge in [-0.15, -0.1) is 11.3 Å². The van der Waals surface area contributed by atoms with Crippen molar-refractivity contribution in [1.82, 2.24) is 5.32 Å². The van der Waals surface area contributed by atoms with Crippen LogP contribution in [0.25, 0.3) is 0 Å². The molecule has 0 aromatic carbocycles. The van der Waals surface area contributed by atoms with Crippen LogP contribution in [0.1, 0.15) is 4.88 Å². The summed E-state index contributed by atoms with van der Waals surface area (Å²) in [6.45, 7) is 0. The van der Waals surface area contributed by atoms with Gasteiger partial charge in [0, 0.05) is 11.3 Å². The average molecular weight is 185 g/mol. The SMILES string of the molecule is CN[C@H](Cc1cccs1)C(=O)O. The number of nitrogens with one attached hydrogen (secondary N) is 1. The van der Waals surface area contributed by atoms with E-state index < -0.39 is 12.0 Å². The Morgan fingerprint density at radius 2 is 2.58 bits per heavy atom. The second kappa shape index (κ2) is 4.23. The number of carboxylic acid groups (broad SMARTS) is 1. The van der Waals surface area contributed by atoms with E-state index in [0.717, 1.165) is 4.88 Å². The van der Waals surface area contributed by atoms with Crippen molar-refractivity contribution in [2.24, 2.45) is 0 Å². The second-order valence-corrected chi connectivity index (χ2v) is 3.50. The number of likely N-dealkylation sites (N-methyl/N-ethyl adjacent to an activating group) is 1. The summed E-state index contributed by atoms with van der Waals surface area (Å²) in [4.78, 5) is 11.7. The summed E-state index contributed by atoms with van der Waals surface area (Å²) >= 11 is 1.58. The fraction of sp³-hybridized carbons (Fsp3) is 0.375. The predicted octanol–water partition coefficient (Wildman–Crippen LogP) is 0.963.